The van der Waals surface area contributed by atoms with Gasteiger partial charge >= 0.3 is 5.69 Å². The summed E-state index contributed by atoms with van der Waals surface area (Å²) < 4.78 is 21.8. The van der Waals surface area contributed by atoms with Gasteiger partial charge in [-0.25, -0.2) is 9.18 Å². The Hall–Kier alpha value is -4.45. The van der Waals surface area contributed by atoms with Crippen molar-refractivity contribution in [1.82, 2.24) is 23.8 Å². The number of fused-ring (bicyclic) bond motifs is 1. The van der Waals surface area contributed by atoms with Gasteiger partial charge in [-0.2, -0.15) is 0 Å². The second-order valence-corrected chi connectivity index (χ2v) is 12.1. The average molecular weight is 654 g/mol. The van der Waals surface area contributed by atoms with Crippen LogP contribution in [0, 0.1) is 5.82 Å². The lowest BCUT2D eigenvalue weighted by molar-refractivity contribution is -0.136. The smallest absolute Gasteiger partial charge is 0.331 e. The molecule has 5 rings (SSSR count). The Bertz CT molecular complexity index is 1780. The molecule has 0 N–H and O–H groups in total. The number of benzene rings is 2. The Balaban J connectivity index is 1.32. The van der Waals surface area contributed by atoms with Crippen LogP contribution in [0.15, 0.2) is 52.2 Å². The molecule has 0 saturated carbocycles. The number of likely N-dealkylation sites (tertiary alicyclic amines) is 1. The lowest BCUT2D eigenvalue weighted by Crippen LogP contribution is -2.50. The van der Waals surface area contributed by atoms with Crippen LogP contribution in [0.2, 0.25) is 5.02 Å². The summed E-state index contributed by atoms with van der Waals surface area (Å²) in [6, 6.07) is 9.80. The summed E-state index contributed by atoms with van der Waals surface area (Å²) in [6.45, 7) is 2.33. The molecule has 2 aromatic carbocycles. The number of methoxy groups -OCH3 is 1. The summed E-state index contributed by atoms with van der Waals surface area (Å²) in [6.07, 6.45) is 3.46. The van der Waals surface area contributed by atoms with Crippen molar-refractivity contribution in [3.63, 3.8) is 0 Å². The number of carbonyl (C=O) groups excluding carboxylic acids is 3. The maximum Gasteiger partial charge on any atom is 0.331 e. The molecule has 3 amide bonds. The highest BCUT2D eigenvalue weighted by atomic mass is 35.5. The summed E-state index contributed by atoms with van der Waals surface area (Å²) in [5, 5.41) is -0.282. The van der Waals surface area contributed by atoms with Crippen LogP contribution in [0.1, 0.15) is 30.9 Å². The first-order valence-electron chi connectivity index (χ1n) is 15.2. The number of nitrogens with zero attached hydrogens (tertiary/aromatic N) is 5. The maximum atomic E-state index is 14.3. The standard InChI is InChI=1S/C33H37ClFN5O6/c1-21(41)36(2)15-16-40-32(44)27(26-5-4-6-28(35)31(26)34)19-38(33(40)45)20-30(43)37-12-10-24(11-13-37)39-14-9-23-17-25(46-3)8-7-22(23)18-29(39)42/h4-8,17,19,24H,9-16,18,20H2,1-3H3. The normalized spacial score (nSPS) is 15.4. The fraction of sp³-hybridized carbons (Fsp3) is 0.424. The van der Waals surface area contributed by atoms with E-state index in [4.69, 9.17) is 16.3 Å². The van der Waals surface area contributed by atoms with E-state index in [0.29, 0.717) is 38.9 Å². The van der Waals surface area contributed by atoms with E-state index < -0.39 is 17.1 Å². The second-order valence-electron chi connectivity index (χ2n) is 11.7. The molecule has 2 aliphatic heterocycles. The molecule has 1 fully saturated rings. The minimum atomic E-state index is -0.732. The summed E-state index contributed by atoms with van der Waals surface area (Å²) in [5.74, 6) is -0.492. The number of piperidine rings is 1. The van der Waals surface area contributed by atoms with Gasteiger partial charge in [0.25, 0.3) is 5.56 Å². The van der Waals surface area contributed by atoms with Gasteiger partial charge in [-0.15, -0.1) is 0 Å². The maximum absolute atomic E-state index is 14.3. The molecular weight excluding hydrogens is 617 g/mol. The number of amides is 3. The zero-order valence-electron chi connectivity index (χ0n) is 26.1. The van der Waals surface area contributed by atoms with Crippen LogP contribution in [-0.2, 0) is 40.3 Å². The molecule has 1 aromatic heterocycles. The van der Waals surface area contributed by atoms with Gasteiger partial charge in [-0.05, 0) is 48.6 Å². The molecule has 0 atom stereocenters. The molecule has 3 aromatic rings. The average Bonchev–Trinajstić information content (AvgIpc) is 3.21. The fourth-order valence-electron chi connectivity index (χ4n) is 6.09. The minimum absolute atomic E-state index is 0.0163. The summed E-state index contributed by atoms with van der Waals surface area (Å²) in [7, 11) is 3.16. The number of ether oxygens (including phenoxy) is 1. The van der Waals surface area contributed by atoms with E-state index in [9.17, 15) is 28.4 Å². The first kappa shape index (κ1) is 32.9. The number of rotatable bonds is 8. The van der Waals surface area contributed by atoms with Crippen LogP contribution in [0.3, 0.4) is 0 Å². The molecule has 46 heavy (non-hydrogen) atoms. The Labute approximate surface area is 270 Å². The summed E-state index contributed by atoms with van der Waals surface area (Å²) >= 11 is 6.21. The largest absolute Gasteiger partial charge is 0.497 e. The van der Waals surface area contributed by atoms with Crippen LogP contribution >= 0.6 is 11.6 Å². The van der Waals surface area contributed by atoms with E-state index in [1.165, 1.54) is 30.2 Å². The first-order valence-corrected chi connectivity index (χ1v) is 15.6. The Kier molecular flexibility index (Phi) is 9.95. The van der Waals surface area contributed by atoms with Gasteiger partial charge in [0.15, 0.2) is 0 Å². The third kappa shape index (κ3) is 6.86. The van der Waals surface area contributed by atoms with Crippen LogP contribution in [0.4, 0.5) is 4.39 Å². The number of carbonyl (C=O) groups is 3. The van der Waals surface area contributed by atoms with Crippen molar-refractivity contribution < 1.29 is 23.5 Å². The SMILES string of the molecule is COc1ccc2c(c1)CCN(C1CCN(C(=O)Cn3cc(-c4cccc(F)c4Cl)c(=O)n(CCN(C)C(C)=O)c3=O)CC1)C(=O)C2. The number of hydrogen-bond donors (Lipinski definition) is 0. The van der Waals surface area contributed by atoms with E-state index in [1.54, 1.807) is 19.1 Å². The lowest BCUT2D eigenvalue weighted by atomic mass is 10.0. The number of hydrogen-bond acceptors (Lipinski definition) is 6. The third-order valence-corrected chi connectivity index (χ3v) is 9.32. The van der Waals surface area contributed by atoms with E-state index in [-0.39, 0.29) is 59.5 Å². The Morgan fingerprint density at radius 2 is 1.78 bits per heavy atom. The van der Waals surface area contributed by atoms with Crippen LogP contribution < -0.4 is 16.0 Å². The monoisotopic (exact) mass is 653 g/mol. The van der Waals surface area contributed by atoms with Gasteiger partial charge in [0.05, 0.1) is 24.1 Å². The van der Waals surface area contributed by atoms with Crippen molar-refractivity contribution in [2.75, 3.05) is 40.3 Å². The Morgan fingerprint density at radius 3 is 2.48 bits per heavy atom. The molecule has 3 heterocycles. The molecule has 0 unspecified atom stereocenters. The van der Waals surface area contributed by atoms with Crippen LogP contribution in [0.25, 0.3) is 11.1 Å². The fourth-order valence-corrected chi connectivity index (χ4v) is 6.32. The van der Waals surface area contributed by atoms with Gasteiger partial charge in [0.2, 0.25) is 17.7 Å². The predicted octanol–water partition coefficient (Wildman–Crippen LogP) is 2.57. The highest BCUT2D eigenvalue weighted by molar-refractivity contribution is 6.33. The van der Waals surface area contributed by atoms with E-state index in [0.717, 1.165) is 38.5 Å². The molecular formula is C33H37ClFN5O6. The number of halogens is 2. The zero-order valence-corrected chi connectivity index (χ0v) is 26.9. The number of aromatic nitrogens is 2. The molecule has 0 bridgehead atoms. The van der Waals surface area contributed by atoms with Crippen LogP contribution in [0.5, 0.6) is 5.75 Å². The highest BCUT2D eigenvalue weighted by Gasteiger charge is 2.32. The van der Waals surface area contributed by atoms with Gasteiger partial charge in [-0.3, -0.25) is 28.3 Å². The van der Waals surface area contributed by atoms with E-state index in [1.807, 2.05) is 23.1 Å². The molecule has 11 nitrogen and oxygen atoms in total. The van der Waals surface area contributed by atoms with Crippen molar-refractivity contribution >= 4 is 29.3 Å². The molecule has 1 saturated heterocycles. The number of likely N-dealkylation sites (N-methyl/N-ethyl adjacent to an activating group) is 1. The second kappa shape index (κ2) is 13.9. The quantitative estimate of drug-likeness (QED) is 0.369. The topological polar surface area (TPSA) is 114 Å². The molecule has 0 aliphatic carbocycles. The lowest BCUT2D eigenvalue weighted by Gasteiger charge is -2.38. The van der Waals surface area contributed by atoms with Crippen molar-refractivity contribution in [3.05, 3.63) is 85.4 Å². The molecule has 244 valence electrons. The van der Waals surface area contributed by atoms with Crippen molar-refractivity contribution in [2.24, 2.45) is 0 Å². The molecule has 13 heteroatoms. The minimum Gasteiger partial charge on any atom is -0.497 e. The van der Waals surface area contributed by atoms with Gasteiger partial charge in [-0.1, -0.05) is 29.8 Å². The summed E-state index contributed by atoms with van der Waals surface area (Å²) in [5.41, 5.74) is 0.708. The van der Waals surface area contributed by atoms with Gasteiger partial charge < -0.3 is 19.4 Å². The highest BCUT2D eigenvalue weighted by Crippen LogP contribution is 2.28. The van der Waals surface area contributed by atoms with E-state index in [2.05, 4.69) is 0 Å². The Morgan fingerprint density at radius 1 is 1.04 bits per heavy atom. The predicted molar refractivity (Wildman–Crippen MR) is 170 cm³/mol. The van der Waals surface area contributed by atoms with Crippen molar-refractivity contribution in [3.8, 4) is 16.9 Å². The van der Waals surface area contributed by atoms with Gasteiger partial charge in [0.1, 0.15) is 18.1 Å². The molecule has 0 radical (unpaired) electrons. The molecule has 0 spiro atoms. The third-order valence-electron chi connectivity index (χ3n) is 8.94. The van der Waals surface area contributed by atoms with E-state index >= 15 is 0 Å². The van der Waals surface area contributed by atoms with Crippen molar-refractivity contribution in [1.29, 1.82) is 0 Å². The first-order chi connectivity index (χ1) is 22.0. The molecule has 2 aliphatic rings. The van der Waals surface area contributed by atoms with Crippen molar-refractivity contribution in [2.45, 2.75) is 51.7 Å². The zero-order chi connectivity index (χ0) is 33.1. The summed E-state index contributed by atoms with van der Waals surface area (Å²) in [4.78, 5) is 70.3. The van der Waals surface area contributed by atoms with Crippen LogP contribution in [-0.4, -0.2) is 87.9 Å². The van der Waals surface area contributed by atoms with Gasteiger partial charge in [0, 0.05) is 64.5 Å².